The van der Waals surface area contributed by atoms with Crippen molar-refractivity contribution < 1.29 is 9.53 Å². The van der Waals surface area contributed by atoms with E-state index in [0.29, 0.717) is 24.0 Å². The largest absolute Gasteiger partial charge is 0.463 e. The lowest BCUT2D eigenvalue weighted by atomic mass is 9.93. The molecule has 1 saturated heterocycles. The fraction of sp³-hybridized carbons (Fsp3) is 0.542. The number of nitrogens with one attached hydrogen (secondary N) is 1. The van der Waals surface area contributed by atoms with Gasteiger partial charge in [-0.05, 0) is 50.3 Å². The van der Waals surface area contributed by atoms with Gasteiger partial charge in [0.15, 0.2) is 11.6 Å². The molecule has 8 nitrogen and oxygen atoms in total. The van der Waals surface area contributed by atoms with E-state index in [0.717, 1.165) is 45.4 Å². The maximum Gasteiger partial charge on any atom is 0.320 e. The van der Waals surface area contributed by atoms with Gasteiger partial charge in [-0.25, -0.2) is 0 Å². The van der Waals surface area contributed by atoms with Crippen LogP contribution in [-0.2, 0) is 11.3 Å². The van der Waals surface area contributed by atoms with Gasteiger partial charge in [-0.2, -0.15) is 9.97 Å². The molecule has 0 saturated carbocycles. The van der Waals surface area contributed by atoms with Crippen molar-refractivity contribution in [2.24, 2.45) is 5.92 Å². The van der Waals surface area contributed by atoms with Crippen LogP contribution in [0.1, 0.15) is 44.6 Å². The first-order valence-corrected chi connectivity index (χ1v) is 11.7. The Balaban J connectivity index is 1.33. The second kappa shape index (κ2) is 10.6. The summed E-state index contributed by atoms with van der Waals surface area (Å²) >= 11 is 0. The van der Waals surface area contributed by atoms with Crippen molar-refractivity contribution in [2.45, 2.75) is 45.6 Å². The Labute approximate surface area is 190 Å². The van der Waals surface area contributed by atoms with Crippen LogP contribution in [-0.4, -0.2) is 53.6 Å². The Bertz CT molecular complexity index is 899. The molecule has 0 unspecified atom stereocenters. The van der Waals surface area contributed by atoms with Crippen molar-refractivity contribution in [1.29, 1.82) is 0 Å². The molecule has 0 aliphatic carbocycles. The van der Waals surface area contributed by atoms with E-state index >= 15 is 0 Å². The molecule has 0 bridgehead atoms. The number of nitrogen functional groups attached to an aromatic ring is 1. The summed E-state index contributed by atoms with van der Waals surface area (Å²) in [7, 11) is 0. The number of benzene rings is 1. The Morgan fingerprint density at radius 2 is 1.97 bits per heavy atom. The molecule has 0 atom stereocenters. The van der Waals surface area contributed by atoms with Crippen LogP contribution in [0.5, 0.6) is 6.01 Å². The monoisotopic (exact) mass is 438 g/mol. The zero-order valence-corrected chi connectivity index (χ0v) is 18.9. The smallest absolute Gasteiger partial charge is 0.320 e. The topological polar surface area (TPSA) is 96.6 Å². The maximum absolute atomic E-state index is 12.3. The van der Waals surface area contributed by atoms with Gasteiger partial charge in [-0.15, -0.1) is 0 Å². The van der Waals surface area contributed by atoms with Gasteiger partial charge in [-0.1, -0.05) is 43.7 Å². The average molecular weight is 439 g/mol. The molecule has 8 heteroatoms. The van der Waals surface area contributed by atoms with Crippen LogP contribution in [0.3, 0.4) is 0 Å². The summed E-state index contributed by atoms with van der Waals surface area (Å²) in [5.41, 5.74) is 7.98. The summed E-state index contributed by atoms with van der Waals surface area (Å²) in [4.78, 5) is 25.6. The summed E-state index contributed by atoms with van der Waals surface area (Å²) in [6.07, 6.45) is 5.35. The number of unbranched alkanes of at least 4 members (excludes halogenated alkanes) is 1. The van der Waals surface area contributed by atoms with Crippen molar-refractivity contribution in [3.05, 3.63) is 35.9 Å². The fourth-order valence-corrected chi connectivity index (χ4v) is 4.39. The second-order valence-electron chi connectivity index (χ2n) is 8.76. The normalized spacial score (nSPS) is 17.2. The third kappa shape index (κ3) is 5.68. The number of fused-ring (bicyclic) bond motifs is 1. The number of nitrogens with zero attached hydrogens (tertiary/aromatic N) is 4. The predicted octanol–water partition coefficient (Wildman–Crippen LogP) is 3.30. The molecule has 3 heterocycles. The molecule has 1 aromatic carbocycles. The minimum absolute atomic E-state index is 0.0786. The summed E-state index contributed by atoms with van der Waals surface area (Å²) in [6, 6.07) is 10.9. The fourth-order valence-electron chi connectivity index (χ4n) is 4.39. The Hall–Kier alpha value is -2.87. The molecule has 0 spiro atoms. The number of amides is 1. The van der Waals surface area contributed by atoms with Crippen molar-refractivity contribution in [3.63, 3.8) is 0 Å². The molecule has 1 amide bonds. The highest BCUT2D eigenvalue weighted by Gasteiger charge is 2.28. The van der Waals surface area contributed by atoms with Gasteiger partial charge in [0, 0.05) is 13.1 Å². The maximum atomic E-state index is 12.3. The van der Waals surface area contributed by atoms with Crippen molar-refractivity contribution in [1.82, 2.24) is 14.9 Å². The minimum atomic E-state index is -0.0786. The van der Waals surface area contributed by atoms with Crippen LogP contribution in [0.15, 0.2) is 30.3 Å². The molecular formula is C24H34N6O2. The Morgan fingerprint density at radius 1 is 1.19 bits per heavy atom. The van der Waals surface area contributed by atoms with Crippen molar-refractivity contribution in [3.8, 4) is 6.01 Å². The van der Waals surface area contributed by atoms with Crippen molar-refractivity contribution in [2.75, 3.05) is 48.7 Å². The van der Waals surface area contributed by atoms with Gasteiger partial charge in [-0.3, -0.25) is 9.69 Å². The Morgan fingerprint density at radius 3 is 2.72 bits per heavy atom. The van der Waals surface area contributed by atoms with Crippen LogP contribution in [0.4, 0.5) is 17.3 Å². The number of nitrogens with two attached hydrogens (primary N) is 1. The highest BCUT2D eigenvalue weighted by Crippen LogP contribution is 2.34. The Kier molecular flexibility index (Phi) is 7.42. The van der Waals surface area contributed by atoms with Gasteiger partial charge in [0.2, 0.25) is 5.91 Å². The standard InChI is InChI=1S/C24H34N6O2/c1-2-3-15-32-24-27-22(25)21-23(28-24)30(17-20(31)26-21)14-11-18-9-12-29(13-10-18)16-19-7-5-4-6-8-19/h4-8,18H,2-3,9-17H2,1H3,(H,26,31)(H2,25,27,28). The first-order valence-electron chi connectivity index (χ1n) is 11.7. The van der Waals surface area contributed by atoms with Gasteiger partial charge in [0.25, 0.3) is 0 Å². The number of aromatic nitrogens is 2. The first-order chi connectivity index (χ1) is 15.6. The van der Waals surface area contributed by atoms with E-state index in [4.69, 9.17) is 10.5 Å². The summed E-state index contributed by atoms with van der Waals surface area (Å²) in [6.45, 7) is 6.96. The highest BCUT2D eigenvalue weighted by atomic mass is 16.5. The first kappa shape index (κ1) is 22.3. The molecule has 1 aromatic heterocycles. The number of anilines is 3. The molecule has 3 N–H and O–H groups in total. The quantitative estimate of drug-likeness (QED) is 0.580. The third-order valence-electron chi connectivity index (χ3n) is 6.29. The molecule has 1 fully saturated rings. The number of carbonyl (C=O) groups excluding carboxylic acids is 1. The molecule has 32 heavy (non-hydrogen) atoms. The van der Waals surface area contributed by atoms with E-state index in [1.807, 2.05) is 4.90 Å². The number of piperidine rings is 1. The van der Waals surface area contributed by atoms with E-state index in [2.05, 4.69) is 57.4 Å². The van der Waals surface area contributed by atoms with Crippen LogP contribution in [0.25, 0.3) is 0 Å². The van der Waals surface area contributed by atoms with Gasteiger partial charge < -0.3 is 20.7 Å². The minimum Gasteiger partial charge on any atom is -0.463 e. The molecule has 4 rings (SSSR count). The molecule has 2 aliphatic heterocycles. The third-order valence-corrected chi connectivity index (χ3v) is 6.29. The number of rotatable bonds is 9. The summed E-state index contributed by atoms with van der Waals surface area (Å²) in [5, 5.41) is 2.83. The van der Waals surface area contributed by atoms with Crippen LogP contribution < -0.4 is 20.7 Å². The van der Waals surface area contributed by atoms with Crippen LogP contribution in [0.2, 0.25) is 0 Å². The van der Waals surface area contributed by atoms with Gasteiger partial charge in [0.05, 0.1) is 13.2 Å². The highest BCUT2D eigenvalue weighted by molar-refractivity contribution is 6.03. The summed E-state index contributed by atoms with van der Waals surface area (Å²) in [5.74, 6) is 1.50. The molecule has 172 valence electrons. The average Bonchev–Trinajstić information content (AvgIpc) is 2.80. The number of hydrogen-bond acceptors (Lipinski definition) is 7. The number of hydrogen-bond donors (Lipinski definition) is 2. The zero-order chi connectivity index (χ0) is 22.3. The van der Waals surface area contributed by atoms with Gasteiger partial charge >= 0.3 is 6.01 Å². The van der Waals surface area contributed by atoms with E-state index in [-0.39, 0.29) is 24.3 Å². The van der Waals surface area contributed by atoms with Crippen molar-refractivity contribution >= 4 is 23.2 Å². The lowest BCUT2D eigenvalue weighted by molar-refractivity contribution is -0.115. The van der Waals surface area contributed by atoms with E-state index < -0.39 is 0 Å². The van der Waals surface area contributed by atoms with Crippen LogP contribution in [0, 0.1) is 5.92 Å². The molecule has 0 radical (unpaired) electrons. The van der Waals surface area contributed by atoms with E-state index in [1.54, 1.807) is 0 Å². The second-order valence-corrected chi connectivity index (χ2v) is 8.76. The van der Waals surface area contributed by atoms with Crippen LogP contribution >= 0.6 is 0 Å². The predicted molar refractivity (Wildman–Crippen MR) is 127 cm³/mol. The molecule has 2 aromatic rings. The van der Waals surface area contributed by atoms with Gasteiger partial charge in [0.1, 0.15) is 5.69 Å². The number of likely N-dealkylation sites (tertiary alicyclic amines) is 1. The molecule has 2 aliphatic rings. The lowest BCUT2D eigenvalue weighted by Crippen LogP contribution is -2.41. The summed E-state index contributed by atoms with van der Waals surface area (Å²) < 4.78 is 5.68. The van der Waals surface area contributed by atoms with E-state index in [1.165, 1.54) is 18.4 Å². The molecular weight excluding hydrogens is 404 g/mol. The number of ether oxygens (including phenoxy) is 1. The van der Waals surface area contributed by atoms with E-state index in [9.17, 15) is 4.79 Å². The lowest BCUT2D eigenvalue weighted by Gasteiger charge is -2.34. The SMILES string of the molecule is CCCCOc1nc(N)c2c(n1)N(CCC1CCN(Cc3ccccc3)CC1)CC(=O)N2. The number of carbonyl (C=O) groups is 1. The zero-order valence-electron chi connectivity index (χ0n) is 18.9.